The highest BCUT2D eigenvalue weighted by Gasteiger charge is 2.08. The zero-order valence-corrected chi connectivity index (χ0v) is 4.64. The number of hydrogen-bond acceptors (Lipinski definition) is 2. The summed E-state index contributed by atoms with van der Waals surface area (Å²) in [6.07, 6.45) is 1.21. The molecular formula is C5H10O2. The van der Waals surface area contributed by atoms with Crippen LogP contribution in [0, 0.1) is 0 Å². The summed E-state index contributed by atoms with van der Waals surface area (Å²) >= 11 is 0. The Kier molecular flexibility index (Phi) is 1.84. The van der Waals surface area contributed by atoms with Gasteiger partial charge in [-0.25, -0.2) is 0 Å². The Morgan fingerprint density at radius 1 is 1.71 bits per heavy atom. The molecule has 0 aliphatic heterocycles. The molecule has 0 aromatic rings. The van der Waals surface area contributed by atoms with Crippen LogP contribution in [0.15, 0.2) is 12.8 Å². The second-order valence-electron chi connectivity index (χ2n) is 1.73. The fourth-order valence-electron chi connectivity index (χ4n) is 0.204. The number of rotatable bonds is 2. The molecular weight excluding hydrogens is 92.1 g/mol. The fourth-order valence-corrected chi connectivity index (χ4v) is 0.204. The zero-order chi connectivity index (χ0) is 5.91. The minimum absolute atomic E-state index is 1.07. The van der Waals surface area contributed by atoms with Gasteiger partial charge in [-0.15, -0.1) is 0 Å². The van der Waals surface area contributed by atoms with Gasteiger partial charge < -0.3 is 9.84 Å². The Hall–Kier alpha value is -0.500. The molecule has 7 heavy (non-hydrogen) atoms. The number of ether oxygens (including phenoxy) is 1. The van der Waals surface area contributed by atoms with Crippen molar-refractivity contribution in [2.24, 2.45) is 0 Å². The lowest BCUT2D eigenvalue weighted by Gasteiger charge is -2.14. The van der Waals surface area contributed by atoms with Gasteiger partial charge in [-0.3, -0.25) is 0 Å². The summed E-state index contributed by atoms with van der Waals surface area (Å²) in [6.45, 7) is 6.34. The highest BCUT2D eigenvalue weighted by Crippen LogP contribution is 2.01. The van der Waals surface area contributed by atoms with E-state index in [2.05, 4.69) is 11.3 Å². The normalized spacial score (nSPS) is 10.7. The molecule has 0 bridgehead atoms. The van der Waals surface area contributed by atoms with Gasteiger partial charge in [0.2, 0.25) is 5.79 Å². The van der Waals surface area contributed by atoms with Crippen LogP contribution in [0.2, 0.25) is 0 Å². The first kappa shape index (κ1) is 6.50. The van der Waals surface area contributed by atoms with Gasteiger partial charge in [-0.1, -0.05) is 6.58 Å². The molecule has 0 heterocycles. The lowest BCUT2D eigenvalue weighted by Crippen LogP contribution is -2.19. The van der Waals surface area contributed by atoms with Crippen molar-refractivity contribution in [2.75, 3.05) is 0 Å². The van der Waals surface area contributed by atoms with Crippen LogP contribution < -0.4 is 0 Å². The van der Waals surface area contributed by atoms with E-state index < -0.39 is 5.79 Å². The Morgan fingerprint density at radius 3 is 2.14 bits per heavy atom. The molecule has 0 atom stereocenters. The maximum atomic E-state index is 8.72. The first-order valence-electron chi connectivity index (χ1n) is 2.07. The lowest BCUT2D eigenvalue weighted by atomic mass is 10.4. The Balaban J connectivity index is 3.34. The minimum Gasteiger partial charge on any atom is -0.471 e. The van der Waals surface area contributed by atoms with E-state index in [1.54, 1.807) is 0 Å². The third-order valence-corrected chi connectivity index (χ3v) is 0.372. The molecule has 0 rings (SSSR count). The van der Waals surface area contributed by atoms with Crippen LogP contribution in [0.25, 0.3) is 0 Å². The summed E-state index contributed by atoms with van der Waals surface area (Å²) in [6, 6.07) is 0. The van der Waals surface area contributed by atoms with Gasteiger partial charge in [0.15, 0.2) is 0 Å². The summed E-state index contributed by atoms with van der Waals surface area (Å²) in [5.74, 6) is -1.07. The first-order valence-corrected chi connectivity index (χ1v) is 2.07. The molecule has 42 valence electrons. The van der Waals surface area contributed by atoms with Gasteiger partial charge in [-0.05, 0) is 0 Å². The van der Waals surface area contributed by atoms with Gasteiger partial charge in [0.25, 0.3) is 0 Å². The predicted octanol–water partition coefficient (Wildman–Crippen LogP) is 0.875. The van der Waals surface area contributed by atoms with Crippen molar-refractivity contribution < 1.29 is 9.84 Å². The lowest BCUT2D eigenvalue weighted by molar-refractivity contribution is -0.135. The first-order chi connectivity index (χ1) is 3.06. The highest BCUT2D eigenvalue weighted by molar-refractivity contribution is 4.56. The molecule has 0 aliphatic carbocycles. The summed E-state index contributed by atoms with van der Waals surface area (Å²) in [7, 11) is 0. The average molecular weight is 102 g/mol. The van der Waals surface area contributed by atoms with Crippen molar-refractivity contribution in [3.63, 3.8) is 0 Å². The van der Waals surface area contributed by atoms with Crippen LogP contribution in [0.1, 0.15) is 13.8 Å². The van der Waals surface area contributed by atoms with Crippen LogP contribution in [0.3, 0.4) is 0 Å². The van der Waals surface area contributed by atoms with Crippen LogP contribution in [-0.4, -0.2) is 10.9 Å². The smallest absolute Gasteiger partial charge is 0.201 e. The van der Waals surface area contributed by atoms with E-state index in [-0.39, 0.29) is 0 Å². The van der Waals surface area contributed by atoms with E-state index in [0.29, 0.717) is 0 Å². The van der Waals surface area contributed by atoms with Crippen LogP contribution in [0.5, 0.6) is 0 Å². The predicted molar refractivity (Wildman–Crippen MR) is 27.6 cm³/mol. The van der Waals surface area contributed by atoms with Crippen LogP contribution in [-0.2, 0) is 4.74 Å². The standard InChI is InChI=1S/C5H10O2/c1-4-7-5(2,3)6/h4,6H,1H2,2-3H3. The molecule has 2 nitrogen and oxygen atoms in total. The van der Waals surface area contributed by atoms with Crippen molar-refractivity contribution in [3.05, 3.63) is 12.8 Å². The van der Waals surface area contributed by atoms with Gasteiger partial charge in [0.1, 0.15) is 0 Å². The van der Waals surface area contributed by atoms with Gasteiger partial charge in [0.05, 0.1) is 6.26 Å². The van der Waals surface area contributed by atoms with Gasteiger partial charge in [0, 0.05) is 13.8 Å². The van der Waals surface area contributed by atoms with Crippen molar-refractivity contribution in [1.29, 1.82) is 0 Å². The summed E-state index contributed by atoms with van der Waals surface area (Å²) in [5.41, 5.74) is 0. The Bertz CT molecular complexity index is 61.0. The van der Waals surface area contributed by atoms with E-state index in [1.165, 1.54) is 20.1 Å². The largest absolute Gasteiger partial charge is 0.471 e. The summed E-state index contributed by atoms with van der Waals surface area (Å²) in [4.78, 5) is 0. The molecule has 0 saturated heterocycles. The molecule has 0 radical (unpaired) electrons. The molecule has 1 N–H and O–H groups in total. The van der Waals surface area contributed by atoms with Crippen molar-refractivity contribution >= 4 is 0 Å². The molecule has 0 aliphatic rings. The molecule has 0 unspecified atom stereocenters. The Morgan fingerprint density at radius 2 is 2.14 bits per heavy atom. The van der Waals surface area contributed by atoms with E-state index >= 15 is 0 Å². The van der Waals surface area contributed by atoms with Crippen molar-refractivity contribution in [1.82, 2.24) is 0 Å². The summed E-state index contributed by atoms with van der Waals surface area (Å²) < 4.78 is 4.55. The molecule has 0 spiro atoms. The highest BCUT2D eigenvalue weighted by atomic mass is 16.6. The second kappa shape index (κ2) is 1.98. The van der Waals surface area contributed by atoms with Crippen molar-refractivity contribution in [3.8, 4) is 0 Å². The molecule has 0 amide bonds. The van der Waals surface area contributed by atoms with Gasteiger partial charge >= 0.3 is 0 Å². The Labute approximate surface area is 43.4 Å². The molecule has 0 saturated carbocycles. The van der Waals surface area contributed by atoms with Crippen molar-refractivity contribution in [2.45, 2.75) is 19.6 Å². The van der Waals surface area contributed by atoms with E-state index in [1.807, 2.05) is 0 Å². The minimum atomic E-state index is -1.07. The SMILES string of the molecule is C=COC(C)(C)O. The fraction of sp³-hybridized carbons (Fsp3) is 0.600. The topological polar surface area (TPSA) is 29.5 Å². The van der Waals surface area contributed by atoms with E-state index in [4.69, 9.17) is 5.11 Å². The third kappa shape index (κ3) is 5.50. The quantitative estimate of drug-likeness (QED) is 0.414. The monoisotopic (exact) mass is 102 g/mol. The third-order valence-electron chi connectivity index (χ3n) is 0.372. The molecule has 0 fully saturated rings. The summed E-state index contributed by atoms with van der Waals surface area (Å²) in [5, 5.41) is 8.72. The number of hydrogen-bond donors (Lipinski definition) is 1. The van der Waals surface area contributed by atoms with E-state index in [0.717, 1.165) is 0 Å². The second-order valence-corrected chi connectivity index (χ2v) is 1.73. The average Bonchev–Trinajstić information content (AvgIpc) is 1.30. The zero-order valence-electron chi connectivity index (χ0n) is 4.64. The van der Waals surface area contributed by atoms with Crippen LogP contribution in [0.4, 0.5) is 0 Å². The molecule has 0 aromatic heterocycles. The maximum Gasteiger partial charge on any atom is 0.201 e. The van der Waals surface area contributed by atoms with E-state index in [9.17, 15) is 0 Å². The van der Waals surface area contributed by atoms with Gasteiger partial charge in [-0.2, -0.15) is 0 Å². The maximum absolute atomic E-state index is 8.72. The number of aliphatic hydroxyl groups is 1. The molecule has 0 aromatic carbocycles. The van der Waals surface area contributed by atoms with Crippen LogP contribution >= 0.6 is 0 Å². The molecule has 2 heteroatoms.